The minimum absolute atomic E-state index is 0. The molecule has 1 heterocycles. The van der Waals surface area contributed by atoms with Gasteiger partial charge in [-0.05, 0) is 50.3 Å². The van der Waals surface area contributed by atoms with Gasteiger partial charge in [0.05, 0.1) is 0 Å². The molecule has 1 saturated heterocycles. The summed E-state index contributed by atoms with van der Waals surface area (Å²) in [4.78, 5) is 14.5. The summed E-state index contributed by atoms with van der Waals surface area (Å²) in [7, 11) is 0. The van der Waals surface area contributed by atoms with E-state index in [0.29, 0.717) is 12.5 Å². The van der Waals surface area contributed by atoms with Crippen LogP contribution in [0.15, 0.2) is 24.3 Å². The number of halogens is 2. The summed E-state index contributed by atoms with van der Waals surface area (Å²) in [5.74, 6) is 0.222. The van der Waals surface area contributed by atoms with Gasteiger partial charge in [-0.2, -0.15) is 0 Å². The molecule has 1 fully saturated rings. The lowest BCUT2D eigenvalue weighted by Gasteiger charge is -2.32. The van der Waals surface area contributed by atoms with E-state index in [0.717, 1.165) is 64.7 Å². The Bertz CT molecular complexity index is 506. The summed E-state index contributed by atoms with van der Waals surface area (Å²) in [6.07, 6.45) is 7.09. The zero-order chi connectivity index (χ0) is 17.2. The number of nitrogens with one attached hydrogen (secondary N) is 1. The maximum absolute atomic E-state index is 12.0. The van der Waals surface area contributed by atoms with Crippen molar-refractivity contribution in [2.24, 2.45) is 5.73 Å². The lowest BCUT2D eigenvalue weighted by molar-refractivity contribution is -0.122. The van der Waals surface area contributed by atoms with E-state index < -0.39 is 0 Å². The molecule has 0 spiro atoms. The standard InChI is InChI=1S/C20H33N3O.2ClH/c1-17-8-5-6-9-18(17)16-23-14-11-19(12-15-23)22-20(24)10-4-2-3-7-13-21;;/h5-6,8-9,19H,2-4,7,10-16,21H2,1H3,(H,22,24);2*1H. The number of hydrogen-bond acceptors (Lipinski definition) is 3. The number of unbranched alkanes of at least 4 members (excludes halogenated alkanes) is 3. The number of hydrogen-bond donors (Lipinski definition) is 2. The molecule has 1 aromatic carbocycles. The fraction of sp³-hybridized carbons (Fsp3) is 0.650. The molecule has 0 radical (unpaired) electrons. The number of piperidine rings is 1. The number of benzene rings is 1. The molecule has 4 nitrogen and oxygen atoms in total. The van der Waals surface area contributed by atoms with Crippen LogP contribution in [0.4, 0.5) is 0 Å². The van der Waals surface area contributed by atoms with Gasteiger partial charge in [0.25, 0.3) is 0 Å². The van der Waals surface area contributed by atoms with Crippen molar-refractivity contribution in [3.05, 3.63) is 35.4 Å². The fourth-order valence-corrected chi connectivity index (χ4v) is 3.35. The predicted molar refractivity (Wildman–Crippen MR) is 114 cm³/mol. The second kappa shape index (κ2) is 14.3. The summed E-state index contributed by atoms with van der Waals surface area (Å²) < 4.78 is 0. The smallest absolute Gasteiger partial charge is 0.220 e. The molecule has 6 heteroatoms. The highest BCUT2D eigenvalue weighted by molar-refractivity contribution is 5.85. The molecule has 0 unspecified atom stereocenters. The van der Waals surface area contributed by atoms with Crippen LogP contribution in [-0.4, -0.2) is 36.5 Å². The van der Waals surface area contributed by atoms with Gasteiger partial charge in [0.2, 0.25) is 5.91 Å². The lowest BCUT2D eigenvalue weighted by atomic mass is 10.0. The summed E-state index contributed by atoms with van der Waals surface area (Å²) in [5.41, 5.74) is 8.26. The Labute approximate surface area is 171 Å². The van der Waals surface area contributed by atoms with E-state index in [9.17, 15) is 4.79 Å². The molecular weight excluding hydrogens is 369 g/mol. The van der Waals surface area contributed by atoms with Crippen molar-refractivity contribution in [2.75, 3.05) is 19.6 Å². The summed E-state index contributed by atoms with van der Waals surface area (Å²) in [6.45, 7) is 6.09. The van der Waals surface area contributed by atoms with Crippen LogP contribution >= 0.6 is 24.8 Å². The average Bonchev–Trinajstić information content (AvgIpc) is 2.58. The molecule has 1 aliphatic heterocycles. The number of carbonyl (C=O) groups is 1. The molecule has 0 bridgehead atoms. The number of likely N-dealkylation sites (tertiary alicyclic amines) is 1. The number of amides is 1. The molecule has 0 atom stereocenters. The molecule has 1 aromatic rings. The van der Waals surface area contributed by atoms with Crippen LogP contribution in [0.5, 0.6) is 0 Å². The zero-order valence-corrected chi connectivity index (χ0v) is 17.5. The van der Waals surface area contributed by atoms with Crippen molar-refractivity contribution < 1.29 is 4.79 Å². The maximum atomic E-state index is 12.0. The number of nitrogens with zero attached hydrogens (tertiary/aromatic N) is 1. The minimum atomic E-state index is 0. The third-order valence-corrected chi connectivity index (χ3v) is 4.97. The molecular formula is C20H35Cl2N3O. The fourth-order valence-electron chi connectivity index (χ4n) is 3.35. The van der Waals surface area contributed by atoms with Crippen molar-refractivity contribution in [3.8, 4) is 0 Å². The molecule has 3 N–H and O–H groups in total. The van der Waals surface area contributed by atoms with E-state index in [-0.39, 0.29) is 30.7 Å². The number of carbonyl (C=O) groups excluding carboxylic acids is 1. The average molecular weight is 404 g/mol. The first-order valence-electron chi connectivity index (χ1n) is 9.45. The van der Waals surface area contributed by atoms with Crippen LogP contribution in [0.25, 0.3) is 0 Å². The van der Waals surface area contributed by atoms with E-state index in [1.54, 1.807) is 0 Å². The van der Waals surface area contributed by atoms with Gasteiger partial charge < -0.3 is 11.1 Å². The molecule has 150 valence electrons. The maximum Gasteiger partial charge on any atom is 0.220 e. The molecule has 0 saturated carbocycles. The number of rotatable bonds is 9. The van der Waals surface area contributed by atoms with Crippen LogP contribution in [0, 0.1) is 6.92 Å². The third-order valence-electron chi connectivity index (χ3n) is 4.97. The van der Waals surface area contributed by atoms with Crippen molar-refractivity contribution in [1.82, 2.24) is 10.2 Å². The largest absolute Gasteiger partial charge is 0.353 e. The summed E-state index contributed by atoms with van der Waals surface area (Å²) in [5, 5.41) is 3.22. The molecule has 1 aliphatic rings. The van der Waals surface area contributed by atoms with Gasteiger partial charge >= 0.3 is 0 Å². The van der Waals surface area contributed by atoms with Gasteiger partial charge in [-0.25, -0.2) is 0 Å². The first-order chi connectivity index (χ1) is 11.7. The second-order valence-corrected chi connectivity index (χ2v) is 7.00. The Morgan fingerprint density at radius 2 is 1.77 bits per heavy atom. The normalized spacial score (nSPS) is 15.0. The third kappa shape index (κ3) is 9.22. The van der Waals surface area contributed by atoms with E-state index >= 15 is 0 Å². The van der Waals surface area contributed by atoms with Gasteiger partial charge in [-0.1, -0.05) is 37.1 Å². The summed E-state index contributed by atoms with van der Waals surface area (Å²) >= 11 is 0. The van der Waals surface area contributed by atoms with Crippen LogP contribution in [-0.2, 0) is 11.3 Å². The zero-order valence-electron chi connectivity index (χ0n) is 15.9. The first kappa shape index (κ1) is 25.2. The van der Waals surface area contributed by atoms with Gasteiger partial charge in [-0.15, -0.1) is 24.8 Å². The van der Waals surface area contributed by atoms with Crippen molar-refractivity contribution in [1.29, 1.82) is 0 Å². The monoisotopic (exact) mass is 403 g/mol. The highest BCUT2D eigenvalue weighted by atomic mass is 35.5. The van der Waals surface area contributed by atoms with Gasteiger partial charge in [0.1, 0.15) is 0 Å². The highest BCUT2D eigenvalue weighted by Gasteiger charge is 2.20. The Balaban J connectivity index is 0.00000312. The Morgan fingerprint density at radius 3 is 2.42 bits per heavy atom. The van der Waals surface area contributed by atoms with Crippen molar-refractivity contribution in [2.45, 2.75) is 64.5 Å². The Hall–Kier alpha value is -0.810. The number of nitrogens with two attached hydrogens (primary N) is 1. The second-order valence-electron chi connectivity index (χ2n) is 7.00. The summed E-state index contributed by atoms with van der Waals surface area (Å²) in [6, 6.07) is 8.96. The minimum Gasteiger partial charge on any atom is -0.353 e. The number of aryl methyl sites for hydroxylation is 1. The van der Waals surface area contributed by atoms with Crippen LogP contribution in [0.1, 0.15) is 56.1 Å². The molecule has 0 aliphatic carbocycles. The quantitative estimate of drug-likeness (QED) is 0.615. The first-order valence-corrected chi connectivity index (χ1v) is 9.45. The Kier molecular flexibility index (Phi) is 13.8. The van der Waals surface area contributed by atoms with Gasteiger partial charge in [0, 0.05) is 32.1 Å². The topological polar surface area (TPSA) is 58.4 Å². The van der Waals surface area contributed by atoms with Gasteiger partial charge in [-0.3, -0.25) is 9.69 Å². The van der Waals surface area contributed by atoms with E-state index in [2.05, 4.69) is 41.4 Å². The molecule has 26 heavy (non-hydrogen) atoms. The Morgan fingerprint density at radius 1 is 1.12 bits per heavy atom. The van der Waals surface area contributed by atoms with Crippen LogP contribution in [0.3, 0.4) is 0 Å². The van der Waals surface area contributed by atoms with E-state index in [1.807, 2.05) is 0 Å². The van der Waals surface area contributed by atoms with Crippen molar-refractivity contribution >= 4 is 30.7 Å². The van der Waals surface area contributed by atoms with E-state index in [4.69, 9.17) is 5.73 Å². The van der Waals surface area contributed by atoms with E-state index in [1.165, 1.54) is 11.1 Å². The molecule has 0 aromatic heterocycles. The molecule has 2 rings (SSSR count). The van der Waals surface area contributed by atoms with Crippen molar-refractivity contribution in [3.63, 3.8) is 0 Å². The lowest BCUT2D eigenvalue weighted by Crippen LogP contribution is -2.44. The van der Waals surface area contributed by atoms with Crippen LogP contribution in [0.2, 0.25) is 0 Å². The van der Waals surface area contributed by atoms with Crippen LogP contribution < -0.4 is 11.1 Å². The predicted octanol–water partition coefficient (Wildman–Crippen LogP) is 3.83. The van der Waals surface area contributed by atoms with Gasteiger partial charge in [0.15, 0.2) is 0 Å². The SMILES string of the molecule is Cc1ccccc1CN1CCC(NC(=O)CCCCCCN)CC1.Cl.Cl. The molecule has 1 amide bonds. The highest BCUT2D eigenvalue weighted by Crippen LogP contribution is 2.16.